The lowest BCUT2D eigenvalue weighted by Crippen LogP contribution is -2.46. The van der Waals surface area contributed by atoms with E-state index in [4.69, 9.17) is 5.26 Å². The molecule has 1 fully saturated rings. The predicted molar refractivity (Wildman–Crippen MR) is 60.6 cm³/mol. The lowest BCUT2D eigenvalue weighted by atomic mass is 10.0. The van der Waals surface area contributed by atoms with E-state index in [9.17, 15) is 13.2 Å². The Labute approximate surface area is 103 Å². The Morgan fingerprint density at radius 2 is 1.89 bits per heavy atom. The van der Waals surface area contributed by atoms with Gasteiger partial charge in [-0.15, -0.1) is 0 Å². The normalized spacial score (nSPS) is 19.0. The van der Waals surface area contributed by atoms with Crippen LogP contribution in [0.5, 0.6) is 0 Å². The number of hydrogen-bond acceptors (Lipinski definition) is 2. The number of nitriles is 1. The van der Waals surface area contributed by atoms with Gasteiger partial charge in [0.15, 0.2) is 0 Å². The van der Waals surface area contributed by atoms with E-state index in [-0.39, 0.29) is 19.3 Å². The van der Waals surface area contributed by atoms with Crippen LogP contribution in [0.2, 0.25) is 0 Å². The summed E-state index contributed by atoms with van der Waals surface area (Å²) in [5.74, 6) is 0. The standard InChI is InChI=1S/C13H13F3N2/c14-13(15,16)12(7-8-12)18-11(6-9-17)10-4-2-1-3-5-10/h1-5,11,18H,6-8H2. The summed E-state index contributed by atoms with van der Waals surface area (Å²) in [5.41, 5.74) is -1.07. The molecule has 1 aromatic carbocycles. The Hall–Kier alpha value is -1.54. The monoisotopic (exact) mass is 254 g/mol. The molecule has 0 spiro atoms. The zero-order valence-corrected chi connectivity index (χ0v) is 9.67. The van der Waals surface area contributed by atoms with E-state index in [1.165, 1.54) is 0 Å². The zero-order valence-electron chi connectivity index (χ0n) is 9.67. The molecule has 0 saturated heterocycles. The lowest BCUT2D eigenvalue weighted by molar-refractivity contribution is -0.168. The van der Waals surface area contributed by atoms with Crippen molar-refractivity contribution in [1.82, 2.24) is 5.32 Å². The van der Waals surface area contributed by atoms with Gasteiger partial charge in [0.05, 0.1) is 12.5 Å². The minimum absolute atomic E-state index is 0.0296. The SMILES string of the molecule is N#CCC(NC1(C(F)(F)F)CC1)c1ccccc1. The molecular weight excluding hydrogens is 241 g/mol. The topological polar surface area (TPSA) is 35.8 Å². The molecule has 2 rings (SSSR count). The maximum Gasteiger partial charge on any atom is 0.406 e. The van der Waals surface area contributed by atoms with E-state index in [0.29, 0.717) is 0 Å². The smallest absolute Gasteiger partial charge is 0.296 e. The Bertz CT molecular complexity index is 444. The van der Waals surface area contributed by atoms with E-state index in [1.54, 1.807) is 30.3 Å². The van der Waals surface area contributed by atoms with Crippen LogP contribution in [-0.2, 0) is 0 Å². The number of alkyl halides is 3. The quantitative estimate of drug-likeness (QED) is 0.894. The maximum absolute atomic E-state index is 12.9. The molecule has 2 nitrogen and oxygen atoms in total. The molecule has 5 heteroatoms. The number of nitrogens with one attached hydrogen (secondary N) is 1. The molecule has 1 aliphatic rings. The van der Waals surface area contributed by atoms with E-state index in [0.717, 1.165) is 5.56 Å². The number of hydrogen-bond donors (Lipinski definition) is 1. The second-order valence-electron chi connectivity index (χ2n) is 4.55. The summed E-state index contributed by atoms with van der Waals surface area (Å²) < 4.78 is 38.6. The first-order valence-corrected chi connectivity index (χ1v) is 5.75. The molecule has 96 valence electrons. The van der Waals surface area contributed by atoms with Gasteiger partial charge in [-0.1, -0.05) is 30.3 Å². The summed E-state index contributed by atoms with van der Waals surface area (Å²) in [7, 11) is 0. The van der Waals surface area contributed by atoms with Crippen LogP contribution < -0.4 is 5.32 Å². The summed E-state index contributed by atoms with van der Waals surface area (Å²) in [6.07, 6.45) is -4.05. The Morgan fingerprint density at radius 3 is 2.33 bits per heavy atom. The van der Waals surface area contributed by atoms with Gasteiger partial charge in [-0.3, -0.25) is 5.32 Å². The van der Waals surface area contributed by atoms with E-state index < -0.39 is 17.8 Å². The van der Waals surface area contributed by atoms with E-state index in [1.807, 2.05) is 6.07 Å². The first-order valence-electron chi connectivity index (χ1n) is 5.75. The fourth-order valence-corrected chi connectivity index (χ4v) is 2.00. The Morgan fingerprint density at radius 1 is 1.28 bits per heavy atom. The summed E-state index contributed by atoms with van der Waals surface area (Å²) in [4.78, 5) is 0. The molecule has 1 unspecified atom stereocenters. The number of halogens is 3. The van der Waals surface area contributed by atoms with Crippen LogP contribution in [0.15, 0.2) is 30.3 Å². The predicted octanol–water partition coefficient (Wildman–Crippen LogP) is 3.33. The number of rotatable bonds is 4. The van der Waals surface area contributed by atoms with Crippen molar-refractivity contribution in [3.05, 3.63) is 35.9 Å². The molecule has 1 N–H and O–H groups in total. The van der Waals surface area contributed by atoms with Crippen molar-refractivity contribution in [2.24, 2.45) is 0 Å². The highest BCUT2D eigenvalue weighted by Crippen LogP contribution is 2.50. The van der Waals surface area contributed by atoms with Crippen LogP contribution >= 0.6 is 0 Å². The van der Waals surface area contributed by atoms with Crippen LogP contribution in [0.1, 0.15) is 30.9 Å². The average molecular weight is 254 g/mol. The molecule has 0 bridgehead atoms. The van der Waals surface area contributed by atoms with Crippen molar-refractivity contribution >= 4 is 0 Å². The van der Waals surface area contributed by atoms with Crippen LogP contribution in [-0.4, -0.2) is 11.7 Å². The largest absolute Gasteiger partial charge is 0.406 e. The summed E-state index contributed by atoms with van der Waals surface area (Å²) >= 11 is 0. The highest BCUT2D eigenvalue weighted by Gasteiger charge is 2.63. The Kier molecular flexibility index (Phi) is 3.31. The van der Waals surface area contributed by atoms with Gasteiger partial charge in [0, 0.05) is 6.04 Å². The lowest BCUT2D eigenvalue weighted by Gasteiger charge is -2.26. The summed E-state index contributed by atoms with van der Waals surface area (Å²) in [5, 5.41) is 11.4. The second kappa shape index (κ2) is 4.62. The summed E-state index contributed by atoms with van der Waals surface area (Å²) in [6, 6.07) is 10.2. The highest BCUT2D eigenvalue weighted by molar-refractivity contribution is 5.22. The van der Waals surface area contributed by atoms with Crippen molar-refractivity contribution in [3.63, 3.8) is 0 Å². The van der Waals surface area contributed by atoms with Gasteiger partial charge in [-0.25, -0.2) is 0 Å². The number of benzene rings is 1. The molecule has 0 radical (unpaired) electrons. The van der Waals surface area contributed by atoms with Crippen molar-refractivity contribution in [1.29, 1.82) is 5.26 Å². The molecule has 1 saturated carbocycles. The number of nitrogens with zero attached hydrogens (tertiary/aromatic N) is 1. The first-order chi connectivity index (χ1) is 8.48. The highest BCUT2D eigenvalue weighted by atomic mass is 19.4. The molecule has 0 aromatic heterocycles. The van der Waals surface area contributed by atoms with E-state index >= 15 is 0 Å². The third-order valence-electron chi connectivity index (χ3n) is 3.24. The second-order valence-corrected chi connectivity index (χ2v) is 4.55. The third-order valence-corrected chi connectivity index (χ3v) is 3.24. The van der Waals surface area contributed by atoms with Gasteiger partial charge in [0.25, 0.3) is 0 Å². The van der Waals surface area contributed by atoms with Gasteiger partial charge in [-0.2, -0.15) is 18.4 Å². The van der Waals surface area contributed by atoms with E-state index in [2.05, 4.69) is 5.32 Å². The molecule has 1 aliphatic carbocycles. The minimum atomic E-state index is -4.25. The summed E-state index contributed by atoms with van der Waals surface area (Å²) in [6.45, 7) is 0. The van der Waals surface area contributed by atoms with Crippen LogP contribution in [0.25, 0.3) is 0 Å². The minimum Gasteiger partial charge on any atom is -0.296 e. The van der Waals surface area contributed by atoms with Crippen molar-refractivity contribution < 1.29 is 13.2 Å². The Balaban J connectivity index is 2.16. The fraction of sp³-hybridized carbons (Fsp3) is 0.462. The first kappa shape index (κ1) is 12.9. The molecule has 1 atom stereocenters. The van der Waals surface area contributed by atoms with Gasteiger partial charge in [0.2, 0.25) is 0 Å². The van der Waals surface area contributed by atoms with Gasteiger partial charge >= 0.3 is 6.18 Å². The molecule has 1 aromatic rings. The third kappa shape index (κ3) is 2.49. The average Bonchev–Trinajstić information content (AvgIpc) is 3.10. The maximum atomic E-state index is 12.9. The van der Waals surface area contributed by atoms with Gasteiger partial charge < -0.3 is 0 Å². The molecule has 18 heavy (non-hydrogen) atoms. The van der Waals surface area contributed by atoms with Crippen molar-refractivity contribution in [3.8, 4) is 6.07 Å². The molecule has 0 amide bonds. The van der Waals surface area contributed by atoms with Crippen LogP contribution in [0.3, 0.4) is 0 Å². The van der Waals surface area contributed by atoms with Crippen molar-refractivity contribution in [2.75, 3.05) is 0 Å². The fourth-order valence-electron chi connectivity index (χ4n) is 2.00. The van der Waals surface area contributed by atoms with Gasteiger partial charge in [-0.05, 0) is 18.4 Å². The molecule has 0 heterocycles. The zero-order chi connectivity index (χ0) is 13.2. The van der Waals surface area contributed by atoms with Crippen LogP contribution in [0.4, 0.5) is 13.2 Å². The van der Waals surface area contributed by atoms with Gasteiger partial charge in [0.1, 0.15) is 5.54 Å². The molecule has 0 aliphatic heterocycles. The van der Waals surface area contributed by atoms with Crippen LogP contribution in [0, 0.1) is 11.3 Å². The molecular formula is C13H13F3N2. The van der Waals surface area contributed by atoms with Crippen molar-refractivity contribution in [2.45, 2.75) is 37.0 Å².